The molecule has 0 spiro atoms. The number of aliphatic hydroxyl groups excluding tert-OH is 1. The standard InChI is InChI=1S/C17H17ClN2O/c18-12-7-5-11(6-8-12)17-15(9-13(19)10-21)14-3-1-2-4-16(14)20-17/h1-8,13,20-21H,9-10,19H2. The highest BCUT2D eigenvalue weighted by atomic mass is 35.5. The molecule has 0 aliphatic rings. The summed E-state index contributed by atoms with van der Waals surface area (Å²) in [7, 11) is 0. The quantitative estimate of drug-likeness (QED) is 0.692. The van der Waals surface area contributed by atoms with Crippen LogP contribution < -0.4 is 5.73 Å². The summed E-state index contributed by atoms with van der Waals surface area (Å²) in [5.74, 6) is 0. The summed E-state index contributed by atoms with van der Waals surface area (Å²) in [5, 5.41) is 11.1. The number of nitrogens with two attached hydrogens (primary N) is 1. The highest BCUT2D eigenvalue weighted by Crippen LogP contribution is 2.31. The zero-order valence-electron chi connectivity index (χ0n) is 11.5. The second-order valence-electron chi connectivity index (χ2n) is 5.18. The minimum absolute atomic E-state index is 0.0282. The molecule has 0 amide bonds. The van der Waals surface area contributed by atoms with Crippen LogP contribution in [0.5, 0.6) is 0 Å². The minimum atomic E-state index is -0.268. The normalized spacial score (nSPS) is 12.7. The molecule has 4 heteroatoms. The Morgan fingerprint density at radius 2 is 1.81 bits per heavy atom. The zero-order chi connectivity index (χ0) is 14.8. The van der Waals surface area contributed by atoms with Crippen molar-refractivity contribution in [3.8, 4) is 11.3 Å². The number of rotatable bonds is 4. The molecule has 2 aromatic carbocycles. The van der Waals surface area contributed by atoms with E-state index in [4.69, 9.17) is 17.3 Å². The topological polar surface area (TPSA) is 62.0 Å². The maximum atomic E-state index is 9.25. The van der Waals surface area contributed by atoms with Crippen LogP contribution in [-0.2, 0) is 6.42 Å². The molecule has 1 unspecified atom stereocenters. The number of H-pyrrole nitrogens is 1. The van der Waals surface area contributed by atoms with Gasteiger partial charge in [-0.1, -0.05) is 41.9 Å². The molecule has 0 fully saturated rings. The number of hydrogen-bond acceptors (Lipinski definition) is 2. The zero-order valence-corrected chi connectivity index (χ0v) is 12.3. The van der Waals surface area contributed by atoms with Gasteiger partial charge in [-0.15, -0.1) is 0 Å². The van der Waals surface area contributed by atoms with E-state index in [1.807, 2.05) is 42.5 Å². The lowest BCUT2D eigenvalue weighted by molar-refractivity contribution is 0.265. The summed E-state index contributed by atoms with van der Waals surface area (Å²) >= 11 is 5.96. The fourth-order valence-corrected chi connectivity index (χ4v) is 2.73. The summed E-state index contributed by atoms with van der Waals surface area (Å²) in [4.78, 5) is 3.45. The van der Waals surface area contributed by atoms with Crippen LogP contribution in [0.4, 0.5) is 0 Å². The van der Waals surface area contributed by atoms with Crippen LogP contribution >= 0.6 is 11.6 Å². The molecule has 0 saturated heterocycles. The van der Waals surface area contributed by atoms with Gasteiger partial charge in [-0.05, 0) is 35.7 Å². The lowest BCUT2D eigenvalue weighted by atomic mass is 9.99. The Morgan fingerprint density at radius 3 is 2.52 bits per heavy atom. The SMILES string of the molecule is NC(CO)Cc1c(-c2ccc(Cl)cc2)[nH]c2ccccc12. The third-order valence-electron chi connectivity index (χ3n) is 3.65. The number of halogens is 1. The molecule has 1 heterocycles. The first kappa shape index (κ1) is 14.1. The van der Waals surface area contributed by atoms with Gasteiger partial charge in [0.25, 0.3) is 0 Å². The Balaban J connectivity index is 2.16. The highest BCUT2D eigenvalue weighted by Gasteiger charge is 2.15. The van der Waals surface area contributed by atoms with Crippen molar-refractivity contribution in [3.63, 3.8) is 0 Å². The van der Waals surface area contributed by atoms with Crippen LogP contribution in [0.3, 0.4) is 0 Å². The summed E-state index contributed by atoms with van der Waals surface area (Å²) in [6.45, 7) is -0.0282. The fraction of sp³-hybridized carbons (Fsp3) is 0.176. The van der Waals surface area contributed by atoms with Crippen LogP contribution in [-0.4, -0.2) is 22.7 Å². The Labute approximate surface area is 128 Å². The Bertz CT molecular complexity index is 749. The monoisotopic (exact) mass is 300 g/mol. The molecule has 4 N–H and O–H groups in total. The number of fused-ring (bicyclic) bond motifs is 1. The second kappa shape index (κ2) is 5.90. The lowest BCUT2D eigenvalue weighted by Crippen LogP contribution is -2.26. The number of aromatic nitrogens is 1. The lowest BCUT2D eigenvalue weighted by Gasteiger charge is -2.10. The van der Waals surface area contributed by atoms with Gasteiger partial charge >= 0.3 is 0 Å². The van der Waals surface area contributed by atoms with Crippen LogP contribution in [0, 0.1) is 0 Å². The number of para-hydroxylation sites is 1. The molecule has 3 rings (SSSR count). The van der Waals surface area contributed by atoms with Gasteiger partial charge in [-0.25, -0.2) is 0 Å². The van der Waals surface area contributed by atoms with Crippen LogP contribution in [0.2, 0.25) is 5.02 Å². The van der Waals surface area contributed by atoms with E-state index in [-0.39, 0.29) is 12.6 Å². The number of nitrogens with one attached hydrogen (secondary N) is 1. The molecule has 0 bridgehead atoms. The summed E-state index contributed by atoms with van der Waals surface area (Å²) in [6.07, 6.45) is 0.623. The van der Waals surface area contributed by atoms with Gasteiger partial charge in [0, 0.05) is 27.7 Å². The third-order valence-corrected chi connectivity index (χ3v) is 3.90. The van der Waals surface area contributed by atoms with E-state index in [0.717, 1.165) is 27.7 Å². The van der Waals surface area contributed by atoms with Gasteiger partial charge in [-0.2, -0.15) is 0 Å². The van der Waals surface area contributed by atoms with Gasteiger partial charge in [-0.3, -0.25) is 0 Å². The largest absolute Gasteiger partial charge is 0.395 e. The first-order valence-corrected chi connectivity index (χ1v) is 7.29. The molecule has 3 nitrogen and oxygen atoms in total. The van der Waals surface area contributed by atoms with Gasteiger partial charge in [0.2, 0.25) is 0 Å². The van der Waals surface area contributed by atoms with E-state index in [9.17, 15) is 5.11 Å². The van der Waals surface area contributed by atoms with E-state index in [2.05, 4.69) is 11.1 Å². The van der Waals surface area contributed by atoms with Crippen molar-refractivity contribution in [2.24, 2.45) is 5.73 Å². The van der Waals surface area contributed by atoms with Gasteiger partial charge in [0.15, 0.2) is 0 Å². The van der Waals surface area contributed by atoms with Crippen molar-refractivity contribution >= 4 is 22.5 Å². The van der Waals surface area contributed by atoms with E-state index in [1.165, 1.54) is 0 Å². The predicted octanol–water partition coefficient (Wildman–Crippen LogP) is 3.35. The number of aromatic amines is 1. The number of hydrogen-bond donors (Lipinski definition) is 3. The third kappa shape index (κ3) is 2.81. The van der Waals surface area contributed by atoms with E-state index < -0.39 is 0 Å². The van der Waals surface area contributed by atoms with Crippen molar-refractivity contribution in [1.82, 2.24) is 4.98 Å². The molecule has 21 heavy (non-hydrogen) atoms. The van der Waals surface area contributed by atoms with E-state index in [1.54, 1.807) is 0 Å². The summed E-state index contributed by atoms with van der Waals surface area (Å²) < 4.78 is 0. The Kier molecular flexibility index (Phi) is 3.97. The minimum Gasteiger partial charge on any atom is -0.395 e. The van der Waals surface area contributed by atoms with Crippen molar-refractivity contribution in [3.05, 3.63) is 59.1 Å². The highest BCUT2D eigenvalue weighted by molar-refractivity contribution is 6.30. The second-order valence-corrected chi connectivity index (χ2v) is 5.61. The van der Waals surface area contributed by atoms with E-state index >= 15 is 0 Å². The average molecular weight is 301 g/mol. The maximum absolute atomic E-state index is 9.25. The molecule has 0 saturated carbocycles. The van der Waals surface area contributed by atoms with Gasteiger partial charge in [0.1, 0.15) is 0 Å². The average Bonchev–Trinajstić information content (AvgIpc) is 2.87. The number of benzene rings is 2. The van der Waals surface area contributed by atoms with Crippen molar-refractivity contribution < 1.29 is 5.11 Å². The number of aliphatic hydroxyl groups is 1. The van der Waals surface area contributed by atoms with Crippen LogP contribution in [0.15, 0.2) is 48.5 Å². The Morgan fingerprint density at radius 1 is 1.10 bits per heavy atom. The smallest absolute Gasteiger partial charge is 0.0585 e. The van der Waals surface area contributed by atoms with Crippen molar-refractivity contribution in [2.75, 3.05) is 6.61 Å². The molecule has 1 atom stereocenters. The molecule has 0 aliphatic heterocycles. The molecule has 0 aliphatic carbocycles. The molecule has 1 aromatic heterocycles. The predicted molar refractivity (Wildman–Crippen MR) is 87.5 cm³/mol. The van der Waals surface area contributed by atoms with Crippen molar-refractivity contribution in [2.45, 2.75) is 12.5 Å². The molecular weight excluding hydrogens is 284 g/mol. The molecule has 0 radical (unpaired) electrons. The first-order valence-electron chi connectivity index (χ1n) is 6.91. The van der Waals surface area contributed by atoms with Gasteiger partial charge < -0.3 is 15.8 Å². The fourth-order valence-electron chi connectivity index (χ4n) is 2.60. The van der Waals surface area contributed by atoms with E-state index in [0.29, 0.717) is 11.4 Å². The Hall–Kier alpha value is -1.81. The summed E-state index contributed by atoms with van der Waals surface area (Å²) in [5.41, 5.74) is 10.3. The molecule has 108 valence electrons. The van der Waals surface area contributed by atoms with Crippen LogP contribution in [0.25, 0.3) is 22.2 Å². The first-order chi connectivity index (χ1) is 10.2. The molecular formula is C17H17ClN2O. The van der Waals surface area contributed by atoms with Crippen LogP contribution in [0.1, 0.15) is 5.56 Å². The summed E-state index contributed by atoms with van der Waals surface area (Å²) in [6, 6.07) is 15.6. The molecule has 3 aromatic rings. The van der Waals surface area contributed by atoms with Gasteiger partial charge in [0.05, 0.1) is 6.61 Å². The maximum Gasteiger partial charge on any atom is 0.0585 e. The van der Waals surface area contributed by atoms with Crippen molar-refractivity contribution in [1.29, 1.82) is 0 Å².